The molecule has 0 aromatic carbocycles. The number of hydrogen-bond donors (Lipinski definition) is 1. The molecule has 14 heavy (non-hydrogen) atoms. The second-order valence-electron chi connectivity index (χ2n) is 4.70. The van der Waals surface area contributed by atoms with E-state index in [4.69, 9.17) is 4.98 Å². The molecule has 3 nitrogen and oxygen atoms in total. The molecule has 1 saturated carbocycles. The van der Waals surface area contributed by atoms with Gasteiger partial charge in [-0.25, -0.2) is 4.98 Å². The summed E-state index contributed by atoms with van der Waals surface area (Å²) in [6.07, 6.45) is 2.69. The molecule has 2 aliphatic rings. The van der Waals surface area contributed by atoms with E-state index in [2.05, 4.69) is 23.7 Å². The van der Waals surface area contributed by atoms with Crippen molar-refractivity contribution < 1.29 is 0 Å². The summed E-state index contributed by atoms with van der Waals surface area (Å²) in [5.74, 6) is 2.12. The van der Waals surface area contributed by atoms with Crippen molar-refractivity contribution in [3.8, 4) is 0 Å². The minimum atomic E-state index is 0.557. The van der Waals surface area contributed by atoms with Gasteiger partial charge in [0.25, 0.3) is 0 Å². The SMILES string of the molecule is CC(C)n1c(C2CC2)nc2c1CNC2. The maximum absolute atomic E-state index is 4.77. The Morgan fingerprint density at radius 1 is 1.36 bits per heavy atom. The lowest BCUT2D eigenvalue weighted by atomic mass is 10.3. The van der Waals surface area contributed by atoms with Gasteiger partial charge in [-0.1, -0.05) is 0 Å². The third-order valence-corrected chi connectivity index (χ3v) is 3.16. The highest BCUT2D eigenvalue weighted by Crippen LogP contribution is 2.41. The van der Waals surface area contributed by atoms with Gasteiger partial charge in [-0.05, 0) is 26.7 Å². The van der Waals surface area contributed by atoms with Crippen LogP contribution in [0.15, 0.2) is 0 Å². The van der Waals surface area contributed by atoms with E-state index in [0.717, 1.165) is 19.0 Å². The topological polar surface area (TPSA) is 29.9 Å². The quantitative estimate of drug-likeness (QED) is 0.774. The molecule has 1 aliphatic carbocycles. The predicted molar refractivity (Wildman–Crippen MR) is 55.1 cm³/mol. The Morgan fingerprint density at radius 2 is 2.14 bits per heavy atom. The minimum Gasteiger partial charge on any atom is -0.328 e. The molecular formula is C11H17N3. The molecule has 0 spiro atoms. The number of nitrogens with zero attached hydrogens (tertiary/aromatic N) is 2. The third-order valence-electron chi connectivity index (χ3n) is 3.16. The van der Waals surface area contributed by atoms with Crippen molar-refractivity contribution in [3.05, 3.63) is 17.2 Å². The van der Waals surface area contributed by atoms with Gasteiger partial charge in [0.1, 0.15) is 5.82 Å². The fourth-order valence-corrected chi connectivity index (χ4v) is 2.37. The van der Waals surface area contributed by atoms with Crippen molar-refractivity contribution in [1.82, 2.24) is 14.9 Å². The molecule has 1 aromatic heterocycles. The lowest BCUT2D eigenvalue weighted by molar-refractivity contribution is 0.539. The summed E-state index contributed by atoms with van der Waals surface area (Å²) in [5.41, 5.74) is 2.72. The average Bonchev–Trinajstić information content (AvgIpc) is 2.75. The number of rotatable bonds is 2. The highest BCUT2D eigenvalue weighted by molar-refractivity contribution is 5.25. The van der Waals surface area contributed by atoms with Crippen LogP contribution in [0.2, 0.25) is 0 Å². The van der Waals surface area contributed by atoms with E-state index >= 15 is 0 Å². The first-order chi connectivity index (χ1) is 6.77. The van der Waals surface area contributed by atoms with Gasteiger partial charge in [-0.2, -0.15) is 0 Å². The highest BCUT2D eigenvalue weighted by atomic mass is 15.2. The summed E-state index contributed by atoms with van der Waals surface area (Å²) >= 11 is 0. The largest absolute Gasteiger partial charge is 0.328 e. The fourth-order valence-electron chi connectivity index (χ4n) is 2.37. The van der Waals surface area contributed by atoms with Gasteiger partial charge in [0.05, 0.1) is 11.4 Å². The van der Waals surface area contributed by atoms with E-state index in [-0.39, 0.29) is 0 Å². The van der Waals surface area contributed by atoms with E-state index in [1.165, 1.54) is 30.1 Å². The molecule has 3 heteroatoms. The zero-order valence-electron chi connectivity index (χ0n) is 8.88. The van der Waals surface area contributed by atoms with Gasteiger partial charge < -0.3 is 9.88 Å². The van der Waals surface area contributed by atoms with Crippen LogP contribution in [0.25, 0.3) is 0 Å². The molecular weight excluding hydrogens is 174 g/mol. The summed E-state index contributed by atoms with van der Waals surface area (Å²) in [7, 11) is 0. The van der Waals surface area contributed by atoms with Crippen molar-refractivity contribution in [3.63, 3.8) is 0 Å². The van der Waals surface area contributed by atoms with Crippen LogP contribution in [0.1, 0.15) is 55.9 Å². The van der Waals surface area contributed by atoms with E-state index in [1.54, 1.807) is 0 Å². The Hall–Kier alpha value is -0.830. The van der Waals surface area contributed by atoms with Crippen LogP contribution in [-0.2, 0) is 13.1 Å². The lowest BCUT2D eigenvalue weighted by Gasteiger charge is -2.14. The normalized spacial score (nSPS) is 20.5. The van der Waals surface area contributed by atoms with Crippen molar-refractivity contribution in [2.45, 2.75) is 51.7 Å². The lowest BCUT2D eigenvalue weighted by Crippen LogP contribution is -2.12. The van der Waals surface area contributed by atoms with Crippen LogP contribution in [-0.4, -0.2) is 9.55 Å². The van der Waals surface area contributed by atoms with Gasteiger partial charge in [0, 0.05) is 25.0 Å². The van der Waals surface area contributed by atoms with Gasteiger partial charge in [0.15, 0.2) is 0 Å². The molecule has 3 rings (SSSR count). The first-order valence-corrected chi connectivity index (χ1v) is 5.58. The summed E-state index contributed by atoms with van der Waals surface area (Å²) in [6.45, 7) is 6.49. The smallest absolute Gasteiger partial charge is 0.112 e. The number of fused-ring (bicyclic) bond motifs is 1. The Labute approximate surface area is 84.5 Å². The van der Waals surface area contributed by atoms with Gasteiger partial charge in [0.2, 0.25) is 0 Å². The Bertz CT molecular complexity index is 361. The van der Waals surface area contributed by atoms with Crippen LogP contribution < -0.4 is 5.32 Å². The second kappa shape index (κ2) is 2.83. The zero-order valence-corrected chi connectivity index (χ0v) is 8.88. The molecule has 0 saturated heterocycles. The van der Waals surface area contributed by atoms with Crippen molar-refractivity contribution in [2.24, 2.45) is 0 Å². The second-order valence-corrected chi connectivity index (χ2v) is 4.70. The first kappa shape index (κ1) is 8.48. The summed E-state index contributed by atoms with van der Waals surface area (Å²) in [5, 5.41) is 3.37. The number of hydrogen-bond acceptors (Lipinski definition) is 2. The van der Waals surface area contributed by atoms with Crippen LogP contribution in [0.4, 0.5) is 0 Å². The fraction of sp³-hybridized carbons (Fsp3) is 0.727. The average molecular weight is 191 g/mol. The summed E-state index contributed by atoms with van der Waals surface area (Å²) < 4.78 is 2.45. The summed E-state index contributed by atoms with van der Waals surface area (Å²) in [6, 6.07) is 0.557. The zero-order chi connectivity index (χ0) is 9.71. The maximum atomic E-state index is 4.77. The van der Waals surface area contributed by atoms with E-state index in [9.17, 15) is 0 Å². The van der Waals surface area contributed by atoms with E-state index < -0.39 is 0 Å². The molecule has 0 unspecified atom stereocenters. The molecule has 1 aromatic rings. The molecule has 0 amide bonds. The van der Waals surface area contributed by atoms with Crippen molar-refractivity contribution >= 4 is 0 Å². The van der Waals surface area contributed by atoms with Crippen molar-refractivity contribution in [1.29, 1.82) is 0 Å². The Balaban J connectivity index is 2.10. The number of imidazole rings is 1. The van der Waals surface area contributed by atoms with Crippen LogP contribution in [0.5, 0.6) is 0 Å². The first-order valence-electron chi connectivity index (χ1n) is 5.58. The molecule has 0 atom stereocenters. The van der Waals surface area contributed by atoms with E-state index in [1.807, 2.05) is 0 Å². The number of aromatic nitrogens is 2. The Kier molecular flexibility index (Phi) is 1.71. The monoisotopic (exact) mass is 191 g/mol. The Morgan fingerprint density at radius 3 is 2.79 bits per heavy atom. The van der Waals surface area contributed by atoms with Gasteiger partial charge in [-0.15, -0.1) is 0 Å². The van der Waals surface area contributed by atoms with Gasteiger partial charge >= 0.3 is 0 Å². The molecule has 1 fully saturated rings. The van der Waals surface area contributed by atoms with Crippen LogP contribution >= 0.6 is 0 Å². The molecule has 2 heterocycles. The predicted octanol–water partition coefficient (Wildman–Crippen LogP) is 1.94. The molecule has 0 bridgehead atoms. The van der Waals surface area contributed by atoms with Gasteiger partial charge in [-0.3, -0.25) is 0 Å². The van der Waals surface area contributed by atoms with Crippen LogP contribution in [0, 0.1) is 0 Å². The molecule has 1 aliphatic heterocycles. The minimum absolute atomic E-state index is 0.557. The highest BCUT2D eigenvalue weighted by Gasteiger charge is 2.32. The standard InChI is InChI=1S/C11H17N3/c1-7(2)14-10-6-12-5-9(10)13-11(14)8-3-4-8/h7-8,12H,3-6H2,1-2H3. The maximum Gasteiger partial charge on any atom is 0.112 e. The van der Waals surface area contributed by atoms with Crippen molar-refractivity contribution in [2.75, 3.05) is 0 Å². The van der Waals surface area contributed by atoms with Crippen LogP contribution in [0.3, 0.4) is 0 Å². The molecule has 76 valence electrons. The number of nitrogens with one attached hydrogen (secondary N) is 1. The third kappa shape index (κ3) is 1.12. The molecule has 1 N–H and O–H groups in total. The molecule has 0 radical (unpaired) electrons. The summed E-state index contributed by atoms with van der Waals surface area (Å²) in [4.78, 5) is 4.77. The van der Waals surface area contributed by atoms with E-state index in [0.29, 0.717) is 6.04 Å².